The molecule has 0 N–H and O–H groups in total. The van der Waals surface area contributed by atoms with E-state index in [0.29, 0.717) is 12.7 Å². The van der Waals surface area contributed by atoms with Crippen LogP contribution in [0.15, 0.2) is 36.4 Å². The van der Waals surface area contributed by atoms with E-state index in [2.05, 4.69) is 37.3 Å². The SMILES string of the molecule is CCCCCCCCCCCC/C=C/CCCc1cccc(OCC2CO2)c1. The van der Waals surface area contributed by atoms with Crippen LogP contribution in [-0.2, 0) is 11.2 Å². The minimum Gasteiger partial charge on any atom is -0.491 e. The third-order valence-electron chi connectivity index (χ3n) is 5.46. The molecule has 0 bridgehead atoms. The maximum Gasteiger partial charge on any atom is 0.119 e. The van der Waals surface area contributed by atoms with Gasteiger partial charge in [-0.15, -0.1) is 0 Å². The highest BCUT2D eigenvalue weighted by Crippen LogP contribution is 2.18. The first-order valence-corrected chi connectivity index (χ1v) is 11.9. The second-order valence-electron chi connectivity index (χ2n) is 8.25. The quantitative estimate of drug-likeness (QED) is 0.147. The summed E-state index contributed by atoms with van der Waals surface area (Å²) in [7, 11) is 0. The zero-order valence-corrected chi connectivity index (χ0v) is 18.2. The fourth-order valence-corrected chi connectivity index (χ4v) is 3.55. The van der Waals surface area contributed by atoms with Gasteiger partial charge in [0, 0.05) is 0 Å². The van der Waals surface area contributed by atoms with Crippen LogP contribution in [-0.4, -0.2) is 19.3 Å². The molecule has 0 amide bonds. The van der Waals surface area contributed by atoms with Gasteiger partial charge in [0.05, 0.1) is 6.61 Å². The van der Waals surface area contributed by atoms with Crippen molar-refractivity contribution in [3.8, 4) is 5.75 Å². The molecule has 1 fully saturated rings. The molecule has 158 valence electrons. The topological polar surface area (TPSA) is 21.8 Å². The first-order valence-electron chi connectivity index (χ1n) is 11.9. The molecular formula is C26H42O2. The van der Waals surface area contributed by atoms with E-state index in [1.807, 2.05) is 6.07 Å². The Labute approximate surface area is 173 Å². The summed E-state index contributed by atoms with van der Waals surface area (Å²) in [6.45, 7) is 3.83. The summed E-state index contributed by atoms with van der Waals surface area (Å²) in [4.78, 5) is 0. The lowest BCUT2D eigenvalue weighted by Gasteiger charge is -2.06. The van der Waals surface area contributed by atoms with Gasteiger partial charge in [-0.1, -0.05) is 89.0 Å². The summed E-state index contributed by atoms with van der Waals surface area (Å²) >= 11 is 0. The smallest absolute Gasteiger partial charge is 0.119 e. The lowest BCUT2D eigenvalue weighted by molar-refractivity contribution is 0.263. The fourth-order valence-electron chi connectivity index (χ4n) is 3.55. The number of rotatable bonds is 18. The van der Waals surface area contributed by atoms with Gasteiger partial charge < -0.3 is 9.47 Å². The van der Waals surface area contributed by atoms with Crippen LogP contribution in [0.5, 0.6) is 5.75 Å². The van der Waals surface area contributed by atoms with E-state index >= 15 is 0 Å². The Morgan fingerprint density at radius 3 is 2.21 bits per heavy atom. The van der Waals surface area contributed by atoms with Crippen LogP contribution >= 0.6 is 0 Å². The van der Waals surface area contributed by atoms with Crippen molar-refractivity contribution in [3.05, 3.63) is 42.0 Å². The van der Waals surface area contributed by atoms with Gasteiger partial charge in [-0.2, -0.15) is 0 Å². The van der Waals surface area contributed by atoms with Crippen LogP contribution in [0.3, 0.4) is 0 Å². The maximum absolute atomic E-state index is 5.76. The monoisotopic (exact) mass is 386 g/mol. The molecule has 0 spiro atoms. The molecule has 1 aliphatic heterocycles. The van der Waals surface area contributed by atoms with Crippen LogP contribution < -0.4 is 4.74 Å². The molecular weight excluding hydrogens is 344 g/mol. The molecule has 1 unspecified atom stereocenters. The maximum atomic E-state index is 5.76. The molecule has 2 heteroatoms. The van der Waals surface area contributed by atoms with E-state index in [1.54, 1.807) is 0 Å². The van der Waals surface area contributed by atoms with Crippen LogP contribution in [0.1, 0.15) is 96.0 Å². The van der Waals surface area contributed by atoms with Crippen molar-refractivity contribution in [2.75, 3.05) is 13.2 Å². The molecule has 1 aliphatic rings. The molecule has 1 atom stereocenters. The highest BCUT2D eigenvalue weighted by molar-refractivity contribution is 5.28. The van der Waals surface area contributed by atoms with E-state index in [-0.39, 0.29) is 0 Å². The Morgan fingerprint density at radius 1 is 0.893 bits per heavy atom. The predicted molar refractivity (Wildman–Crippen MR) is 120 cm³/mol. The van der Waals surface area contributed by atoms with Crippen LogP contribution in [0.2, 0.25) is 0 Å². The van der Waals surface area contributed by atoms with Crippen LogP contribution in [0, 0.1) is 0 Å². The van der Waals surface area contributed by atoms with Crippen molar-refractivity contribution in [2.24, 2.45) is 0 Å². The Hall–Kier alpha value is -1.28. The number of allylic oxidation sites excluding steroid dienone is 2. The standard InChI is InChI=1S/C26H42O2/c1-2-3-4-5-6-7-8-9-10-11-12-13-14-15-16-18-24-19-17-20-25(21-24)27-22-26-23-28-26/h13-14,17,19-21,26H,2-12,15-16,18,22-23H2,1H3/b14-13+. The molecule has 0 saturated carbocycles. The Balaban J connectivity index is 1.38. The Kier molecular flexibility index (Phi) is 12.8. The van der Waals surface area contributed by atoms with Crippen molar-refractivity contribution < 1.29 is 9.47 Å². The molecule has 2 nitrogen and oxygen atoms in total. The van der Waals surface area contributed by atoms with Gasteiger partial charge in [0.15, 0.2) is 0 Å². The van der Waals surface area contributed by atoms with Gasteiger partial charge >= 0.3 is 0 Å². The zero-order valence-electron chi connectivity index (χ0n) is 18.2. The average Bonchev–Trinajstić information content (AvgIpc) is 3.54. The van der Waals surface area contributed by atoms with Crippen molar-refractivity contribution in [1.82, 2.24) is 0 Å². The second kappa shape index (κ2) is 15.6. The summed E-state index contributed by atoms with van der Waals surface area (Å²) in [5, 5.41) is 0. The fraction of sp³-hybridized carbons (Fsp3) is 0.692. The van der Waals surface area contributed by atoms with Gasteiger partial charge in [-0.3, -0.25) is 0 Å². The highest BCUT2D eigenvalue weighted by Gasteiger charge is 2.22. The Bertz CT molecular complexity index is 519. The second-order valence-corrected chi connectivity index (χ2v) is 8.25. The van der Waals surface area contributed by atoms with Gasteiger partial charge in [0.1, 0.15) is 18.5 Å². The van der Waals surface area contributed by atoms with E-state index in [9.17, 15) is 0 Å². The van der Waals surface area contributed by atoms with Gasteiger partial charge in [0.25, 0.3) is 0 Å². The van der Waals surface area contributed by atoms with E-state index in [1.165, 1.54) is 89.0 Å². The van der Waals surface area contributed by atoms with Crippen LogP contribution in [0.4, 0.5) is 0 Å². The average molecular weight is 387 g/mol. The molecule has 28 heavy (non-hydrogen) atoms. The van der Waals surface area contributed by atoms with Crippen molar-refractivity contribution >= 4 is 0 Å². The summed E-state index contributed by atoms with van der Waals surface area (Å²) in [6, 6.07) is 8.52. The van der Waals surface area contributed by atoms with E-state index < -0.39 is 0 Å². The molecule has 2 rings (SSSR count). The molecule has 1 heterocycles. The summed E-state index contributed by atoms with van der Waals surface area (Å²) < 4.78 is 10.9. The molecule has 1 aromatic carbocycles. The third kappa shape index (κ3) is 12.2. The molecule has 0 aliphatic carbocycles. The largest absolute Gasteiger partial charge is 0.491 e. The van der Waals surface area contributed by atoms with Gasteiger partial charge in [-0.25, -0.2) is 0 Å². The number of epoxide rings is 1. The van der Waals surface area contributed by atoms with Gasteiger partial charge in [-0.05, 0) is 49.8 Å². The number of unbranched alkanes of at least 4 members (excludes halogenated alkanes) is 11. The highest BCUT2D eigenvalue weighted by atomic mass is 16.6. The van der Waals surface area contributed by atoms with E-state index in [0.717, 1.165) is 18.8 Å². The summed E-state index contributed by atoms with van der Waals surface area (Å²) in [5.74, 6) is 0.976. The third-order valence-corrected chi connectivity index (χ3v) is 5.46. The predicted octanol–water partition coefficient (Wildman–Crippen LogP) is 7.65. The minimum atomic E-state index is 0.323. The van der Waals surface area contributed by atoms with Crippen molar-refractivity contribution in [2.45, 2.75) is 103 Å². The zero-order chi connectivity index (χ0) is 19.7. The number of aryl methyl sites for hydroxylation is 1. The van der Waals surface area contributed by atoms with Crippen LogP contribution in [0.25, 0.3) is 0 Å². The number of ether oxygens (including phenoxy) is 2. The molecule has 0 radical (unpaired) electrons. The summed E-state index contributed by atoms with van der Waals surface area (Å²) in [5.41, 5.74) is 1.37. The lowest BCUT2D eigenvalue weighted by atomic mass is 10.1. The first-order chi connectivity index (χ1) is 13.9. The normalized spacial score (nSPS) is 16.0. The van der Waals surface area contributed by atoms with Crippen molar-refractivity contribution in [3.63, 3.8) is 0 Å². The summed E-state index contributed by atoms with van der Waals surface area (Å²) in [6.07, 6.45) is 24.0. The first kappa shape index (κ1) is 23.0. The van der Waals surface area contributed by atoms with E-state index in [4.69, 9.17) is 9.47 Å². The number of hydrogen-bond donors (Lipinski definition) is 0. The van der Waals surface area contributed by atoms with Gasteiger partial charge in [0.2, 0.25) is 0 Å². The lowest BCUT2D eigenvalue weighted by Crippen LogP contribution is -2.04. The Morgan fingerprint density at radius 2 is 1.54 bits per heavy atom. The number of hydrogen-bond acceptors (Lipinski definition) is 2. The molecule has 0 aromatic heterocycles. The molecule has 1 aromatic rings. The number of benzene rings is 1. The molecule has 1 saturated heterocycles. The van der Waals surface area contributed by atoms with Crippen molar-refractivity contribution in [1.29, 1.82) is 0 Å². The minimum absolute atomic E-state index is 0.323.